The van der Waals surface area contributed by atoms with Gasteiger partial charge in [-0.05, 0) is 35.7 Å². The van der Waals surface area contributed by atoms with Gasteiger partial charge in [-0.25, -0.2) is 0 Å². The molecular formula is C13H24BrN3O. The Balaban J connectivity index is 2.61. The van der Waals surface area contributed by atoms with E-state index in [2.05, 4.69) is 40.2 Å². The fourth-order valence-corrected chi connectivity index (χ4v) is 2.57. The molecule has 2 N–H and O–H groups in total. The summed E-state index contributed by atoms with van der Waals surface area (Å²) in [6, 6.07) is 0. The molecule has 0 unspecified atom stereocenters. The van der Waals surface area contributed by atoms with Crippen LogP contribution in [0.1, 0.15) is 38.1 Å². The number of rotatable bonds is 7. The van der Waals surface area contributed by atoms with Crippen molar-refractivity contribution in [3.8, 4) is 0 Å². The van der Waals surface area contributed by atoms with E-state index in [1.807, 2.05) is 18.7 Å². The first-order valence-electron chi connectivity index (χ1n) is 6.49. The quantitative estimate of drug-likeness (QED) is 0.811. The van der Waals surface area contributed by atoms with Crippen molar-refractivity contribution in [3.63, 3.8) is 0 Å². The van der Waals surface area contributed by atoms with Gasteiger partial charge in [-0.1, -0.05) is 13.8 Å². The maximum atomic E-state index is 9.52. The predicted molar refractivity (Wildman–Crippen MR) is 77.5 cm³/mol. The average Bonchev–Trinajstić information content (AvgIpc) is 2.61. The van der Waals surface area contributed by atoms with E-state index in [-0.39, 0.29) is 12.0 Å². The highest BCUT2D eigenvalue weighted by Crippen LogP contribution is 2.25. The number of aryl methyl sites for hydroxylation is 2. The molecule has 1 heterocycles. The van der Waals surface area contributed by atoms with E-state index in [1.54, 1.807) is 0 Å². The minimum absolute atomic E-state index is 0.000113. The van der Waals surface area contributed by atoms with Crippen molar-refractivity contribution in [1.29, 1.82) is 0 Å². The highest BCUT2D eigenvalue weighted by atomic mass is 79.9. The van der Waals surface area contributed by atoms with Crippen LogP contribution in [-0.4, -0.2) is 28.0 Å². The van der Waals surface area contributed by atoms with Crippen molar-refractivity contribution in [3.05, 3.63) is 15.9 Å². The molecule has 5 heteroatoms. The number of nitrogens with one attached hydrogen (secondary N) is 1. The van der Waals surface area contributed by atoms with E-state index < -0.39 is 0 Å². The molecule has 0 aliphatic heterocycles. The topological polar surface area (TPSA) is 50.1 Å². The van der Waals surface area contributed by atoms with Gasteiger partial charge in [0.2, 0.25) is 0 Å². The zero-order valence-electron chi connectivity index (χ0n) is 11.8. The second-order valence-electron chi connectivity index (χ2n) is 4.94. The zero-order chi connectivity index (χ0) is 13.8. The van der Waals surface area contributed by atoms with Gasteiger partial charge >= 0.3 is 0 Å². The van der Waals surface area contributed by atoms with Crippen LogP contribution in [-0.2, 0) is 13.6 Å². The first kappa shape index (κ1) is 15.7. The monoisotopic (exact) mass is 317 g/mol. The van der Waals surface area contributed by atoms with E-state index in [0.717, 1.165) is 41.8 Å². The Bertz CT molecular complexity index is 378. The maximum absolute atomic E-state index is 9.52. The van der Waals surface area contributed by atoms with Crippen LogP contribution in [0, 0.1) is 12.3 Å². The molecule has 0 amide bonds. The molecule has 0 radical (unpaired) electrons. The number of hydrogen-bond donors (Lipinski definition) is 2. The van der Waals surface area contributed by atoms with Crippen LogP contribution in [0.3, 0.4) is 0 Å². The third-order valence-electron chi connectivity index (χ3n) is 3.89. The molecule has 0 spiro atoms. The Kier molecular flexibility index (Phi) is 5.82. The predicted octanol–water partition coefficient (Wildman–Crippen LogP) is 2.38. The molecule has 1 aromatic rings. The Morgan fingerprint density at radius 3 is 2.39 bits per heavy atom. The zero-order valence-corrected chi connectivity index (χ0v) is 13.3. The third-order valence-corrected chi connectivity index (χ3v) is 4.92. The van der Waals surface area contributed by atoms with Crippen LogP contribution in [0.2, 0.25) is 0 Å². The Hall–Kier alpha value is -0.390. The van der Waals surface area contributed by atoms with E-state index in [9.17, 15) is 5.11 Å². The van der Waals surface area contributed by atoms with Gasteiger partial charge in [0.1, 0.15) is 0 Å². The van der Waals surface area contributed by atoms with Crippen LogP contribution in [0.4, 0.5) is 0 Å². The first-order chi connectivity index (χ1) is 8.49. The van der Waals surface area contributed by atoms with E-state index in [4.69, 9.17) is 0 Å². The molecular weight excluding hydrogens is 294 g/mol. The van der Waals surface area contributed by atoms with E-state index in [0.29, 0.717) is 0 Å². The molecule has 0 atom stereocenters. The standard InChI is InChI=1S/C13H24BrN3O/c1-5-13(6-2,9-18)8-15-7-11-12(14)10(3)16-17(11)4/h15,18H,5-9H2,1-4H3. The van der Waals surface area contributed by atoms with Crippen molar-refractivity contribution in [2.45, 2.75) is 40.2 Å². The highest BCUT2D eigenvalue weighted by Gasteiger charge is 2.24. The van der Waals surface area contributed by atoms with Crippen molar-refractivity contribution in [2.75, 3.05) is 13.2 Å². The van der Waals surface area contributed by atoms with Gasteiger partial charge in [0.05, 0.1) is 15.9 Å². The minimum Gasteiger partial charge on any atom is -0.396 e. The van der Waals surface area contributed by atoms with Crippen molar-refractivity contribution in [1.82, 2.24) is 15.1 Å². The average molecular weight is 318 g/mol. The molecule has 1 aromatic heterocycles. The molecule has 0 saturated heterocycles. The molecule has 1 rings (SSSR count). The Labute approximate surface area is 118 Å². The molecule has 18 heavy (non-hydrogen) atoms. The number of hydrogen-bond acceptors (Lipinski definition) is 3. The summed E-state index contributed by atoms with van der Waals surface area (Å²) in [7, 11) is 1.95. The summed E-state index contributed by atoms with van der Waals surface area (Å²) in [5.74, 6) is 0. The summed E-state index contributed by atoms with van der Waals surface area (Å²) in [5.41, 5.74) is 2.15. The fraction of sp³-hybridized carbons (Fsp3) is 0.769. The maximum Gasteiger partial charge on any atom is 0.0739 e. The lowest BCUT2D eigenvalue weighted by atomic mass is 9.83. The molecule has 0 aromatic carbocycles. The van der Waals surface area contributed by atoms with Crippen molar-refractivity contribution >= 4 is 15.9 Å². The Morgan fingerprint density at radius 2 is 2.00 bits per heavy atom. The fourth-order valence-electron chi connectivity index (χ4n) is 2.10. The van der Waals surface area contributed by atoms with Gasteiger partial charge < -0.3 is 10.4 Å². The van der Waals surface area contributed by atoms with Crippen LogP contribution in [0.5, 0.6) is 0 Å². The first-order valence-corrected chi connectivity index (χ1v) is 7.28. The van der Waals surface area contributed by atoms with Gasteiger partial charge in [-0.3, -0.25) is 4.68 Å². The van der Waals surface area contributed by atoms with Gasteiger partial charge in [-0.15, -0.1) is 0 Å². The van der Waals surface area contributed by atoms with Crippen molar-refractivity contribution in [2.24, 2.45) is 12.5 Å². The molecule has 0 aliphatic rings. The number of aromatic nitrogens is 2. The van der Waals surface area contributed by atoms with Crippen LogP contribution < -0.4 is 5.32 Å². The normalized spacial score (nSPS) is 12.1. The summed E-state index contributed by atoms with van der Waals surface area (Å²) >= 11 is 3.56. The third kappa shape index (κ3) is 3.33. The number of aliphatic hydroxyl groups excluding tert-OH is 1. The highest BCUT2D eigenvalue weighted by molar-refractivity contribution is 9.10. The second-order valence-corrected chi connectivity index (χ2v) is 5.73. The van der Waals surface area contributed by atoms with E-state index >= 15 is 0 Å². The molecule has 0 bridgehead atoms. The summed E-state index contributed by atoms with van der Waals surface area (Å²) in [6.45, 7) is 8.08. The Morgan fingerprint density at radius 1 is 1.39 bits per heavy atom. The lowest BCUT2D eigenvalue weighted by molar-refractivity contribution is 0.113. The van der Waals surface area contributed by atoms with Gasteiger partial charge in [0, 0.05) is 32.2 Å². The molecule has 104 valence electrons. The number of aliphatic hydroxyl groups is 1. The molecule has 4 nitrogen and oxygen atoms in total. The summed E-state index contributed by atoms with van der Waals surface area (Å²) in [6.07, 6.45) is 1.97. The van der Waals surface area contributed by atoms with Gasteiger partial charge in [-0.2, -0.15) is 5.10 Å². The minimum atomic E-state index is 0.000113. The van der Waals surface area contributed by atoms with Crippen molar-refractivity contribution < 1.29 is 5.11 Å². The smallest absolute Gasteiger partial charge is 0.0739 e. The second kappa shape index (κ2) is 6.68. The summed E-state index contributed by atoms with van der Waals surface area (Å²) < 4.78 is 2.96. The lowest BCUT2D eigenvalue weighted by Gasteiger charge is -2.29. The molecule has 0 aliphatic carbocycles. The largest absolute Gasteiger partial charge is 0.396 e. The lowest BCUT2D eigenvalue weighted by Crippen LogP contribution is -2.36. The number of nitrogens with zero attached hydrogens (tertiary/aromatic N) is 2. The SMILES string of the molecule is CCC(CC)(CO)CNCc1c(Br)c(C)nn1C. The van der Waals surface area contributed by atoms with Crippen LogP contribution in [0.15, 0.2) is 4.47 Å². The van der Waals surface area contributed by atoms with Gasteiger partial charge in [0.25, 0.3) is 0 Å². The molecule has 0 fully saturated rings. The molecule has 0 saturated carbocycles. The number of halogens is 1. The summed E-state index contributed by atoms with van der Waals surface area (Å²) in [5, 5.41) is 17.3. The van der Waals surface area contributed by atoms with Gasteiger partial charge in [0.15, 0.2) is 0 Å². The van der Waals surface area contributed by atoms with Crippen LogP contribution in [0.25, 0.3) is 0 Å². The van der Waals surface area contributed by atoms with E-state index in [1.165, 1.54) is 0 Å². The summed E-state index contributed by atoms with van der Waals surface area (Å²) in [4.78, 5) is 0. The van der Waals surface area contributed by atoms with Crippen LogP contribution >= 0.6 is 15.9 Å².